The molecule has 3 amide bonds. The highest BCUT2D eigenvalue weighted by atomic mass is 16.6. The standard InChI is InChI=1S/C34H51N3O6/c1-7-9-11-13-22-37(29(31(40)35-21-12-10-8-2)27-16-14-15-24(3)30(27)39)32(41)28(36-33(42)43-34(4,5)6)23-25-17-19-26(38)20-18-25/h14-20,28-29,38-39H,7-13,21-23H2,1-6H3,(H,35,40)(H,36,42). The number of rotatable bonds is 16. The van der Waals surface area contributed by atoms with Gasteiger partial charge in [0.2, 0.25) is 11.8 Å². The molecule has 9 nitrogen and oxygen atoms in total. The molecule has 4 N–H and O–H groups in total. The molecule has 2 unspecified atom stereocenters. The van der Waals surface area contributed by atoms with E-state index in [-0.39, 0.29) is 30.4 Å². The molecule has 2 rings (SSSR count). The van der Waals surface area contributed by atoms with E-state index >= 15 is 0 Å². The first-order valence-electron chi connectivity index (χ1n) is 15.5. The van der Waals surface area contributed by atoms with Gasteiger partial charge in [0.15, 0.2) is 0 Å². The first kappa shape index (κ1) is 35.4. The Morgan fingerprint density at radius 2 is 1.56 bits per heavy atom. The molecule has 9 heteroatoms. The van der Waals surface area contributed by atoms with Gasteiger partial charge in [0.1, 0.15) is 29.2 Å². The summed E-state index contributed by atoms with van der Waals surface area (Å²) >= 11 is 0. The minimum atomic E-state index is -1.11. The first-order chi connectivity index (χ1) is 20.4. The Morgan fingerprint density at radius 1 is 0.907 bits per heavy atom. The highest BCUT2D eigenvalue weighted by Crippen LogP contribution is 2.33. The predicted molar refractivity (Wildman–Crippen MR) is 169 cm³/mol. The number of nitrogens with zero attached hydrogens (tertiary/aromatic N) is 1. The average molecular weight is 598 g/mol. The molecule has 43 heavy (non-hydrogen) atoms. The SMILES string of the molecule is CCCCCCN(C(=O)C(Cc1ccc(O)cc1)NC(=O)OC(C)(C)C)C(C(=O)NCCCCC)c1cccc(C)c1O. The largest absolute Gasteiger partial charge is 0.508 e. The van der Waals surface area contributed by atoms with Crippen LogP contribution in [-0.4, -0.2) is 57.8 Å². The molecule has 2 atom stereocenters. The molecule has 0 aromatic heterocycles. The molecular weight excluding hydrogens is 546 g/mol. The predicted octanol–water partition coefficient (Wildman–Crippen LogP) is 6.30. The Morgan fingerprint density at radius 3 is 2.19 bits per heavy atom. The number of alkyl carbamates (subject to hydrolysis) is 1. The second-order valence-electron chi connectivity index (χ2n) is 12.1. The van der Waals surface area contributed by atoms with E-state index in [1.807, 2.05) is 0 Å². The van der Waals surface area contributed by atoms with Gasteiger partial charge in [-0.1, -0.05) is 76.3 Å². The topological polar surface area (TPSA) is 128 Å². The summed E-state index contributed by atoms with van der Waals surface area (Å²) in [6.45, 7) is 11.8. The minimum absolute atomic E-state index is 0.0437. The molecule has 0 aliphatic rings. The van der Waals surface area contributed by atoms with Crippen LogP contribution in [-0.2, 0) is 20.7 Å². The van der Waals surface area contributed by atoms with Crippen LogP contribution in [0.2, 0.25) is 0 Å². The Balaban J connectivity index is 2.58. The normalized spacial score (nSPS) is 12.7. The molecule has 238 valence electrons. The van der Waals surface area contributed by atoms with Crippen molar-refractivity contribution in [2.45, 2.75) is 111 Å². The van der Waals surface area contributed by atoms with Crippen molar-refractivity contribution in [1.82, 2.24) is 15.5 Å². The zero-order valence-electron chi connectivity index (χ0n) is 26.7. The summed E-state index contributed by atoms with van der Waals surface area (Å²) in [5.74, 6) is -0.816. The number of carbonyl (C=O) groups excluding carboxylic acids is 3. The number of benzene rings is 2. The monoisotopic (exact) mass is 597 g/mol. The molecule has 0 fully saturated rings. The number of para-hydroxylation sites is 1. The van der Waals surface area contributed by atoms with Crippen LogP contribution in [0.15, 0.2) is 42.5 Å². The van der Waals surface area contributed by atoms with E-state index in [1.54, 1.807) is 58.0 Å². The molecule has 0 aliphatic heterocycles. The summed E-state index contributed by atoms with van der Waals surface area (Å²) in [5.41, 5.74) is 0.839. The van der Waals surface area contributed by atoms with Crippen molar-refractivity contribution in [2.24, 2.45) is 0 Å². The second kappa shape index (κ2) is 17.4. The van der Waals surface area contributed by atoms with Crippen LogP contribution in [0, 0.1) is 6.92 Å². The fourth-order valence-corrected chi connectivity index (χ4v) is 4.83. The van der Waals surface area contributed by atoms with Crippen molar-refractivity contribution in [1.29, 1.82) is 0 Å². The third-order valence-electron chi connectivity index (χ3n) is 7.10. The maximum atomic E-state index is 14.5. The van der Waals surface area contributed by atoms with Crippen molar-refractivity contribution in [3.05, 3.63) is 59.2 Å². The van der Waals surface area contributed by atoms with E-state index < -0.39 is 29.7 Å². The molecule has 0 heterocycles. The third-order valence-corrected chi connectivity index (χ3v) is 7.10. The molecule has 0 aliphatic carbocycles. The molecule has 0 radical (unpaired) electrons. The van der Waals surface area contributed by atoms with Gasteiger partial charge < -0.3 is 30.5 Å². The zero-order valence-corrected chi connectivity index (χ0v) is 26.7. The summed E-state index contributed by atoms with van der Waals surface area (Å²) in [6.07, 6.45) is 5.56. The van der Waals surface area contributed by atoms with E-state index in [4.69, 9.17) is 4.74 Å². The molecule has 0 saturated carbocycles. The first-order valence-corrected chi connectivity index (χ1v) is 15.5. The van der Waals surface area contributed by atoms with Crippen molar-refractivity contribution in [3.63, 3.8) is 0 Å². The molecule has 0 bridgehead atoms. The van der Waals surface area contributed by atoms with Crippen molar-refractivity contribution in [3.8, 4) is 11.5 Å². The maximum Gasteiger partial charge on any atom is 0.408 e. The van der Waals surface area contributed by atoms with Gasteiger partial charge in [-0.3, -0.25) is 9.59 Å². The van der Waals surface area contributed by atoms with Crippen molar-refractivity contribution in [2.75, 3.05) is 13.1 Å². The lowest BCUT2D eigenvalue weighted by molar-refractivity contribution is -0.142. The lowest BCUT2D eigenvalue weighted by Crippen LogP contribution is -2.54. The summed E-state index contributed by atoms with van der Waals surface area (Å²) in [5, 5.41) is 26.6. The lowest BCUT2D eigenvalue weighted by atomic mass is 9.97. The lowest BCUT2D eigenvalue weighted by Gasteiger charge is -2.35. The number of nitrogens with one attached hydrogen (secondary N) is 2. The van der Waals surface area contributed by atoms with Gasteiger partial charge in [0, 0.05) is 25.1 Å². The minimum Gasteiger partial charge on any atom is -0.508 e. The van der Waals surface area contributed by atoms with Gasteiger partial charge in [-0.05, 0) is 63.8 Å². The van der Waals surface area contributed by atoms with Crippen LogP contribution < -0.4 is 10.6 Å². The number of hydrogen-bond donors (Lipinski definition) is 4. The Hall–Kier alpha value is -3.75. The van der Waals surface area contributed by atoms with Crippen molar-refractivity contribution >= 4 is 17.9 Å². The Bertz CT molecular complexity index is 1180. The van der Waals surface area contributed by atoms with E-state index in [2.05, 4.69) is 24.5 Å². The van der Waals surface area contributed by atoms with E-state index in [9.17, 15) is 24.6 Å². The van der Waals surface area contributed by atoms with E-state index in [0.717, 1.165) is 38.5 Å². The number of aromatic hydroxyl groups is 2. The number of amides is 3. The molecule has 2 aromatic carbocycles. The highest BCUT2D eigenvalue weighted by molar-refractivity contribution is 5.92. The number of carbonyl (C=O) groups is 3. The number of phenols is 2. The van der Waals surface area contributed by atoms with Crippen LogP contribution >= 0.6 is 0 Å². The van der Waals surface area contributed by atoms with Crippen LogP contribution in [0.25, 0.3) is 0 Å². The van der Waals surface area contributed by atoms with Crippen LogP contribution in [0.4, 0.5) is 4.79 Å². The van der Waals surface area contributed by atoms with Crippen molar-refractivity contribution < 1.29 is 29.3 Å². The quantitative estimate of drug-likeness (QED) is 0.168. The summed E-state index contributed by atoms with van der Waals surface area (Å²) in [7, 11) is 0. The Kier molecular flexibility index (Phi) is 14.3. The number of phenolic OH excluding ortho intramolecular Hbond substituents is 2. The summed E-state index contributed by atoms with van der Waals surface area (Å²) in [4.78, 5) is 42.8. The Labute approximate surface area is 257 Å². The van der Waals surface area contributed by atoms with Crippen LogP contribution in [0.5, 0.6) is 11.5 Å². The van der Waals surface area contributed by atoms with Crippen LogP contribution in [0.1, 0.15) is 102 Å². The number of ether oxygens (including phenoxy) is 1. The number of hydrogen-bond acceptors (Lipinski definition) is 6. The molecular formula is C34H51N3O6. The van der Waals surface area contributed by atoms with Gasteiger partial charge in [-0.2, -0.15) is 0 Å². The maximum absolute atomic E-state index is 14.5. The van der Waals surface area contributed by atoms with Gasteiger partial charge in [0.25, 0.3) is 0 Å². The van der Waals surface area contributed by atoms with Gasteiger partial charge in [-0.25, -0.2) is 4.79 Å². The van der Waals surface area contributed by atoms with E-state index in [0.29, 0.717) is 29.7 Å². The van der Waals surface area contributed by atoms with Crippen LogP contribution in [0.3, 0.4) is 0 Å². The second-order valence-corrected chi connectivity index (χ2v) is 12.1. The molecule has 0 spiro atoms. The smallest absolute Gasteiger partial charge is 0.408 e. The highest BCUT2D eigenvalue weighted by Gasteiger charge is 2.37. The molecule has 0 saturated heterocycles. The van der Waals surface area contributed by atoms with E-state index in [1.165, 1.54) is 17.0 Å². The fourth-order valence-electron chi connectivity index (χ4n) is 4.83. The van der Waals surface area contributed by atoms with Gasteiger partial charge in [0.05, 0.1) is 0 Å². The molecule has 2 aromatic rings. The summed E-state index contributed by atoms with van der Waals surface area (Å²) in [6, 6.07) is 9.39. The van der Waals surface area contributed by atoms with Gasteiger partial charge >= 0.3 is 6.09 Å². The number of unbranched alkanes of at least 4 members (excludes halogenated alkanes) is 5. The average Bonchev–Trinajstić information content (AvgIpc) is 2.94. The fraction of sp³-hybridized carbons (Fsp3) is 0.559. The zero-order chi connectivity index (χ0) is 32.0. The summed E-state index contributed by atoms with van der Waals surface area (Å²) < 4.78 is 5.49. The number of aryl methyl sites for hydroxylation is 1. The van der Waals surface area contributed by atoms with Gasteiger partial charge in [-0.15, -0.1) is 0 Å². The third kappa shape index (κ3) is 11.8.